The highest BCUT2D eigenvalue weighted by Gasteiger charge is 2.27. The number of aromatic nitrogens is 1. The van der Waals surface area contributed by atoms with Gasteiger partial charge in [0, 0.05) is 30.1 Å². The van der Waals surface area contributed by atoms with Crippen LogP contribution < -0.4 is 10.3 Å². The number of rotatable bonds is 5. The van der Waals surface area contributed by atoms with Crippen LogP contribution in [0.25, 0.3) is 10.9 Å². The second kappa shape index (κ2) is 9.14. The van der Waals surface area contributed by atoms with Gasteiger partial charge in [0.25, 0.3) is 0 Å². The number of nitrogens with zero attached hydrogens (tertiary/aromatic N) is 1. The molecule has 1 N–H and O–H groups in total. The van der Waals surface area contributed by atoms with Gasteiger partial charge in [-0.05, 0) is 42.5 Å². The standard InChI is InChI=1S/C22H20N2O8S/c1-30-21(26)14-2-4-15(5-3-14)32-22(27)18-13-20(25)23-19-7-6-16(12-17(18)19)33(28,29)24-8-10-31-11-9-24/h2-7,12-13H,8-11H2,1H3,(H,23,25). The summed E-state index contributed by atoms with van der Waals surface area (Å²) in [5, 5.41) is 0.222. The Morgan fingerprint density at radius 3 is 2.36 bits per heavy atom. The van der Waals surface area contributed by atoms with E-state index < -0.39 is 27.5 Å². The van der Waals surface area contributed by atoms with Crippen molar-refractivity contribution in [2.75, 3.05) is 33.4 Å². The Bertz CT molecular complexity index is 1370. The van der Waals surface area contributed by atoms with Crippen LogP contribution >= 0.6 is 0 Å². The van der Waals surface area contributed by atoms with Gasteiger partial charge in [0.1, 0.15) is 5.75 Å². The lowest BCUT2D eigenvalue weighted by Crippen LogP contribution is -2.40. The Morgan fingerprint density at radius 1 is 1.00 bits per heavy atom. The predicted molar refractivity (Wildman–Crippen MR) is 117 cm³/mol. The number of esters is 2. The highest BCUT2D eigenvalue weighted by Crippen LogP contribution is 2.24. The SMILES string of the molecule is COC(=O)c1ccc(OC(=O)c2cc(=O)[nH]c3ccc(S(=O)(=O)N4CCOCC4)cc23)cc1. The van der Waals surface area contributed by atoms with Gasteiger partial charge in [-0.1, -0.05) is 0 Å². The van der Waals surface area contributed by atoms with E-state index in [0.717, 1.165) is 6.07 Å². The van der Waals surface area contributed by atoms with Gasteiger partial charge in [-0.15, -0.1) is 0 Å². The summed E-state index contributed by atoms with van der Waals surface area (Å²) in [6, 6.07) is 10.9. The van der Waals surface area contributed by atoms with Crippen LogP contribution in [-0.4, -0.2) is 63.1 Å². The minimum atomic E-state index is -3.82. The molecule has 3 aromatic rings. The summed E-state index contributed by atoms with van der Waals surface area (Å²) in [6.45, 7) is 1.05. The van der Waals surface area contributed by atoms with E-state index in [9.17, 15) is 22.8 Å². The first kappa shape index (κ1) is 22.6. The minimum Gasteiger partial charge on any atom is -0.465 e. The second-order valence-corrected chi connectivity index (χ2v) is 9.11. The third-order valence-corrected chi connectivity index (χ3v) is 7.02. The van der Waals surface area contributed by atoms with Crippen molar-refractivity contribution in [1.82, 2.24) is 9.29 Å². The average Bonchev–Trinajstić information content (AvgIpc) is 2.83. The molecule has 0 bridgehead atoms. The van der Waals surface area contributed by atoms with Gasteiger partial charge < -0.3 is 19.2 Å². The Kier molecular flexibility index (Phi) is 6.27. The fourth-order valence-corrected chi connectivity index (χ4v) is 4.87. The number of nitrogens with one attached hydrogen (secondary N) is 1. The van der Waals surface area contributed by atoms with Crippen molar-refractivity contribution in [2.24, 2.45) is 0 Å². The van der Waals surface area contributed by atoms with Crippen LogP contribution in [0.15, 0.2) is 58.2 Å². The monoisotopic (exact) mass is 472 g/mol. The van der Waals surface area contributed by atoms with Crippen LogP contribution in [0.1, 0.15) is 20.7 Å². The van der Waals surface area contributed by atoms with E-state index in [4.69, 9.17) is 9.47 Å². The molecule has 0 atom stereocenters. The normalized spacial score (nSPS) is 14.7. The summed E-state index contributed by atoms with van der Waals surface area (Å²) in [5.41, 5.74) is -0.0719. The van der Waals surface area contributed by atoms with Crippen molar-refractivity contribution in [2.45, 2.75) is 4.90 Å². The molecule has 1 aliphatic heterocycles. The van der Waals surface area contributed by atoms with E-state index in [1.807, 2.05) is 0 Å². The van der Waals surface area contributed by atoms with Gasteiger partial charge in [-0.3, -0.25) is 4.79 Å². The number of methoxy groups -OCH3 is 1. The maximum absolute atomic E-state index is 13.0. The number of aromatic amines is 1. The smallest absolute Gasteiger partial charge is 0.344 e. The van der Waals surface area contributed by atoms with Crippen molar-refractivity contribution >= 4 is 32.9 Å². The summed E-state index contributed by atoms with van der Waals surface area (Å²) in [6.07, 6.45) is 0. The highest BCUT2D eigenvalue weighted by molar-refractivity contribution is 7.89. The number of carbonyl (C=O) groups is 2. The summed E-state index contributed by atoms with van der Waals surface area (Å²) >= 11 is 0. The zero-order valence-electron chi connectivity index (χ0n) is 17.6. The van der Waals surface area contributed by atoms with E-state index in [2.05, 4.69) is 9.72 Å². The number of hydrogen-bond donors (Lipinski definition) is 1. The molecule has 1 saturated heterocycles. The number of morpholine rings is 1. The summed E-state index contributed by atoms with van der Waals surface area (Å²) in [7, 11) is -2.56. The van der Waals surface area contributed by atoms with Gasteiger partial charge >= 0.3 is 11.9 Å². The number of ether oxygens (including phenoxy) is 3. The molecule has 33 heavy (non-hydrogen) atoms. The molecule has 0 amide bonds. The molecule has 4 rings (SSSR count). The van der Waals surface area contributed by atoms with E-state index in [-0.39, 0.29) is 45.8 Å². The molecule has 10 nitrogen and oxygen atoms in total. The van der Waals surface area contributed by atoms with Crippen molar-refractivity contribution in [3.05, 3.63) is 70.0 Å². The van der Waals surface area contributed by atoms with Crippen LogP contribution in [-0.2, 0) is 19.5 Å². The summed E-state index contributed by atoms with van der Waals surface area (Å²) in [5.74, 6) is -1.25. The molecular formula is C22H20N2O8S. The zero-order chi connectivity index (χ0) is 23.6. The molecule has 1 aliphatic rings. The van der Waals surface area contributed by atoms with Gasteiger partial charge in [0.15, 0.2) is 0 Å². The maximum Gasteiger partial charge on any atom is 0.344 e. The predicted octanol–water partition coefficient (Wildman–Crippen LogP) is 1.55. The van der Waals surface area contributed by atoms with E-state index >= 15 is 0 Å². The lowest BCUT2D eigenvalue weighted by atomic mass is 10.1. The Hall–Kier alpha value is -3.54. The molecule has 2 aromatic carbocycles. The third kappa shape index (κ3) is 4.65. The Morgan fingerprint density at radius 2 is 1.70 bits per heavy atom. The van der Waals surface area contributed by atoms with Crippen molar-refractivity contribution in [1.29, 1.82) is 0 Å². The molecule has 11 heteroatoms. The molecular weight excluding hydrogens is 452 g/mol. The number of H-pyrrole nitrogens is 1. The van der Waals surface area contributed by atoms with Gasteiger partial charge in [-0.25, -0.2) is 18.0 Å². The van der Waals surface area contributed by atoms with Crippen LogP contribution in [0.3, 0.4) is 0 Å². The maximum atomic E-state index is 13.0. The summed E-state index contributed by atoms with van der Waals surface area (Å²) in [4.78, 5) is 39.1. The first-order chi connectivity index (χ1) is 15.8. The lowest BCUT2D eigenvalue weighted by molar-refractivity contribution is 0.0600. The number of pyridine rings is 1. The van der Waals surface area contributed by atoms with Gasteiger partial charge in [0.05, 0.1) is 36.3 Å². The largest absolute Gasteiger partial charge is 0.465 e. The van der Waals surface area contributed by atoms with Crippen molar-refractivity contribution in [3.8, 4) is 5.75 Å². The first-order valence-electron chi connectivity index (χ1n) is 9.95. The van der Waals surface area contributed by atoms with Crippen LogP contribution in [0.5, 0.6) is 5.75 Å². The molecule has 0 aliphatic carbocycles. The zero-order valence-corrected chi connectivity index (χ0v) is 18.4. The fourth-order valence-electron chi connectivity index (χ4n) is 3.44. The Labute approximate surface area is 188 Å². The molecule has 0 spiro atoms. The van der Waals surface area contributed by atoms with Crippen LogP contribution in [0, 0.1) is 0 Å². The van der Waals surface area contributed by atoms with Crippen LogP contribution in [0.2, 0.25) is 0 Å². The second-order valence-electron chi connectivity index (χ2n) is 7.18. The molecule has 0 saturated carbocycles. The molecule has 0 unspecified atom stereocenters. The molecule has 2 heterocycles. The quantitative estimate of drug-likeness (QED) is 0.437. The van der Waals surface area contributed by atoms with Crippen molar-refractivity contribution in [3.63, 3.8) is 0 Å². The molecule has 172 valence electrons. The van der Waals surface area contributed by atoms with Crippen LogP contribution in [0.4, 0.5) is 0 Å². The van der Waals surface area contributed by atoms with Crippen molar-refractivity contribution < 1.29 is 32.2 Å². The number of hydrogen-bond acceptors (Lipinski definition) is 8. The summed E-state index contributed by atoms with van der Waals surface area (Å²) < 4.78 is 42.6. The number of carbonyl (C=O) groups excluding carboxylic acids is 2. The third-order valence-electron chi connectivity index (χ3n) is 5.13. The average molecular weight is 472 g/mol. The van der Waals surface area contributed by atoms with Gasteiger partial charge in [-0.2, -0.15) is 4.31 Å². The number of benzene rings is 2. The number of sulfonamides is 1. The molecule has 0 radical (unpaired) electrons. The van der Waals surface area contributed by atoms with Gasteiger partial charge in [0.2, 0.25) is 15.6 Å². The fraction of sp³-hybridized carbons (Fsp3) is 0.227. The first-order valence-corrected chi connectivity index (χ1v) is 11.4. The molecule has 1 fully saturated rings. The highest BCUT2D eigenvalue weighted by atomic mass is 32.2. The topological polar surface area (TPSA) is 132 Å². The minimum absolute atomic E-state index is 0.0135. The van der Waals surface area contributed by atoms with E-state index in [1.165, 1.54) is 53.9 Å². The Balaban J connectivity index is 1.69. The van der Waals surface area contributed by atoms with E-state index in [0.29, 0.717) is 13.2 Å². The number of fused-ring (bicyclic) bond motifs is 1. The lowest BCUT2D eigenvalue weighted by Gasteiger charge is -2.26. The van der Waals surface area contributed by atoms with E-state index in [1.54, 1.807) is 0 Å². The molecule has 1 aromatic heterocycles.